The quantitative estimate of drug-likeness (QED) is 0.430. The van der Waals surface area contributed by atoms with E-state index in [9.17, 15) is 4.79 Å². The molecule has 32 heavy (non-hydrogen) atoms. The molecule has 2 aromatic carbocycles. The Balaban J connectivity index is 1.38. The minimum Gasteiger partial charge on any atom is -0.489 e. The summed E-state index contributed by atoms with van der Waals surface area (Å²) in [5.41, 5.74) is 3.81. The van der Waals surface area contributed by atoms with Gasteiger partial charge in [0.15, 0.2) is 0 Å². The Kier molecular flexibility index (Phi) is 6.54. The molecule has 0 aliphatic carbocycles. The molecular weight excluding hydrogens is 420 g/mol. The standard InChI is InChI=1S/C25H20N4O2S/c1-17(25-29-23(16-32-25)21-6-3-11-27-14-21)28-24(30)20-5-2-4-19(12-20)15-31-22-9-7-18(13-26)8-10-22/h2-12,14,16-17H,15H2,1H3,(H,28,30). The fourth-order valence-electron chi connectivity index (χ4n) is 3.07. The van der Waals surface area contributed by atoms with Gasteiger partial charge >= 0.3 is 0 Å². The van der Waals surface area contributed by atoms with Gasteiger partial charge in [-0.15, -0.1) is 11.3 Å². The van der Waals surface area contributed by atoms with Crippen molar-refractivity contribution in [3.05, 3.63) is 100 Å². The van der Waals surface area contributed by atoms with Crippen molar-refractivity contribution < 1.29 is 9.53 Å². The maximum absolute atomic E-state index is 12.8. The second-order valence-electron chi connectivity index (χ2n) is 7.13. The number of hydrogen-bond acceptors (Lipinski definition) is 6. The molecule has 4 rings (SSSR count). The van der Waals surface area contributed by atoms with E-state index < -0.39 is 0 Å². The highest BCUT2D eigenvalue weighted by Crippen LogP contribution is 2.25. The van der Waals surface area contributed by atoms with Gasteiger partial charge in [0.05, 0.1) is 23.4 Å². The average molecular weight is 441 g/mol. The van der Waals surface area contributed by atoms with Crippen LogP contribution in [0.5, 0.6) is 5.75 Å². The molecule has 0 spiro atoms. The fourth-order valence-corrected chi connectivity index (χ4v) is 3.91. The molecule has 4 aromatic rings. The van der Waals surface area contributed by atoms with Crippen LogP contribution in [0.3, 0.4) is 0 Å². The first-order chi connectivity index (χ1) is 15.6. The van der Waals surface area contributed by atoms with Crippen LogP contribution in [0.15, 0.2) is 78.4 Å². The molecule has 2 aromatic heterocycles. The summed E-state index contributed by atoms with van der Waals surface area (Å²) in [6.07, 6.45) is 3.50. The number of thiazole rings is 1. The predicted octanol–water partition coefficient (Wildman–Crippen LogP) is 5.15. The molecule has 6 nitrogen and oxygen atoms in total. The number of hydrogen-bond donors (Lipinski definition) is 1. The van der Waals surface area contributed by atoms with Crippen LogP contribution in [0.1, 0.15) is 39.5 Å². The van der Waals surface area contributed by atoms with E-state index in [0.717, 1.165) is 21.8 Å². The highest BCUT2D eigenvalue weighted by molar-refractivity contribution is 7.10. The number of rotatable bonds is 7. The van der Waals surface area contributed by atoms with E-state index >= 15 is 0 Å². The summed E-state index contributed by atoms with van der Waals surface area (Å²) in [5, 5.41) is 14.7. The molecular formula is C25H20N4O2S. The zero-order valence-corrected chi connectivity index (χ0v) is 18.2. The Bertz CT molecular complexity index is 1250. The normalized spacial score (nSPS) is 11.4. The number of carbonyl (C=O) groups is 1. The van der Waals surface area contributed by atoms with Gasteiger partial charge in [0.25, 0.3) is 5.91 Å². The summed E-state index contributed by atoms with van der Waals surface area (Å²) in [6, 6.07) is 19.9. The van der Waals surface area contributed by atoms with Crippen LogP contribution in [-0.2, 0) is 6.61 Å². The Morgan fingerprint density at radius 1 is 1.19 bits per heavy atom. The maximum Gasteiger partial charge on any atom is 0.251 e. The molecule has 1 amide bonds. The van der Waals surface area contributed by atoms with E-state index in [1.807, 2.05) is 42.6 Å². The zero-order valence-electron chi connectivity index (χ0n) is 17.4. The summed E-state index contributed by atoms with van der Waals surface area (Å²) >= 11 is 1.51. The van der Waals surface area contributed by atoms with Gasteiger partial charge in [-0.3, -0.25) is 9.78 Å². The first kappa shape index (κ1) is 21.2. The summed E-state index contributed by atoms with van der Waals surface area (Å²) in [7, 11) is 0. The van der Waals surface area contributed by atoms with E-state index in [1.165, 1.54) is 11.3 Å². The van der Waals surface area contributed by atoms with Crippen LogP contribution in [-0.4, -0.2) is 15.9 Å². The molecule has 158 valence electrons. The van der Waals surface area contributed by atoms with Crippen LogP contribution in [0, 0.1) is 11.3 Å². The third kappa shape index (κ3) is 5.17. The zero-order chi connectivity index (χ0) is 22.3. The van der Waals surface area contributed by atoms with Crippen LogP contribution in [0.25, 0.3) is 11.3 Å². The Morgan fingerprint density at radius 3 is 2.78 bits per heavy atom. The number of aromatic nitrogens is 2. The predicted molar refractivity (Wildman–Crippen MR) is 123 cm³/mol. The first-order valence-corrected chi connectivity index (χ1v) is 10.9. The van der Waals surface area contributed by atoms with Crippen molar-refractivity contribution in [1.29, 1.82) is 5.26 Å². The smallest absolute Gasteiger partial charge is 0.251 e. The molecule has 0 saturated carbocycles. The molecule has 1 unspecified atom stereocenters. The number of ether oxygens (including phenoxy) is 1. The maximum atomic E-state index is 12.8. The number of benzene rings is 2. The van der Waals surface area contributed by atoms with Gasteiger partial charge in [0, 0.05) is 28.9 Å². The van der Waals surface area contributed by atoms with Gasteiger partial charge in [0.1, 0.15) is 17.4 Å². The molecule has 0 radical (unpaired) electrons. The second kappa shape index (κ2) is 9.86. The van der Waals surface area contributed by atoms with Crippen LogP contribution >= 0.6 is 11.3 Å². The lowest BCUT2D eigenvalue weighted by Crippen LogP contribution is -2.26. The number of amides is 1. The van der Waals surface area contributed by atoms with Crippen molar-refractivity contribution in [1.82, 2.24) is 15.3 Å². The van der Waals surface area contributed by atoms with Crippen LogP contribution in [0.2, 0.25) is 0 Å². The van der Waals surface area contributed by atoms with Crippen molar-refractivity contribution in [3.8, 4) is 23.1 Å². The summed E-state index contributed by atoms with van der Waals surface area (Å²) in [4.78, 5) is 21.6. The Hall–Kier alpha value is -4.02. The summed E-state index contributed by atoms with van der Waals surface area (Å²) < 4.78 is 5.77. The van der Waals surface area contributed by atoms with Crippen LogP contribution < -0.4 is 10.1 Å². The Morgan fingerprint density at radius 2 is 2.03 bits per heavy atom. The third-order valence-corrected chi connectivity index (χ3v) is 5.80. The molecule has 2 heterocycles. The summed E-state index contributed by atoms with van der Waals surface area (Å²) in [5.74, 6) is 0.497. The highest BCUT2D eigenvalue weighted by atomic mass is 32.1. The molecule has 0 bridgehead atoms. The van der Waals surface area contributed by atoms with E-state index in [-0.39, 0.29) is 11.9 Å². The van der Waals surface area contributed by atoms with E-state index in [0.29, 0.717) is 23.5 Å². The monoisotopic (exact) mass is 440 g/mol. The van der Waals surface area contributed by atoms with Gasteiger partial charge in [-0.05, 0) is 61.0 Å². The third-order valence-electron chi connectivity index (χ3n) is 4.78. The highest BCUT2D eigenvalue weighted by Gasteiger charge is 2.16. The average Bonchev–Trinajstić information content (AvgIpc) is 3.34. The van der Waals surface area contributed by atoms with Crippen molar-refractivity contribution in [2.75, 3.05) is 0 Å². The summed E-state index contributed by atoms with van der Waals surface area (Å²) in [6.45, 7) is 2.24. The van der Waals surface area contributed by atoms with Crippen molar-refractivity contribution in [3.63, 3.8) is 0 Å². The van der Waals surface area contributed by atoms with E-state index in [2.05, 4.69) is 21.4 Å². The minimum absolute atomic E-state index is 0.171. The number of nitrogens with zero attached hydrogens (tertiary/aromatic N) is 3. The SMILES string of the molecule is CC(NC(=O)c1cccc(COc2ccc(C#N)cc2)c1)c1nc(-c2cccnc2)cs1. The molecule has 1 atom stereocenters. The molecule has 7 heteroatoms. The lowest BCUT2D eigenvalue weighted by molar-refractivity contribution is 0.0939. The van der Waals surface area contributed by atoms with E-state index in [1.54, 1.807) is 42.7 Å². The number of nitriles is 1. The van der Waals surface area contributed by atoms with Gasteiger partial charge in [0.2, 0.25) is 0 Å². The molecule has 0 aliphatic heterocycles. The van der Waals surface area contributed by atoms with Crippen molar-refractivity contribution >= 4 is 17.2 Å². The van der Waals surface area contributed by atoms with Gasteiger partial charge < -0.3 is 10.1 Å². The molecule has 0 fully saturated rings. The molecule has 0 saturated heterocycles. The van der Waals surface area contributed by atoms with Gasteiger partial charge in [-0.2, -0.15) is 5.26 Å². The number of pyridine rings is 1. The van der Waals surface area contributed by atoms with Gasteiger partial charge in [-0.25, -0.2) is 4.98 Å². The molecule has 1 N–H and O–H groups in total. The second-order valence-corrected chi connectivity index (χ2v) is 8.02. The first-order valence-electron chi connectivity index (χ1n) is 10.0. The fraction of sp³-hybridized carbons (Fsp3) is 0.120. The van der Waals surface area contributed by atoms with Crippen molar-refractivity contribution in [2.24, 2.45) is 0 Å². The largest absolute Gasteiger partial charge is 0.489 e. The van der Waals surface area contributed by atoms with E-state index in [4.69, 9.17) is 10.00 Å². The topological polar surface area (TPSA) is 87.9 Å². The molecule has 0 aliphatic rings. The van der Waals surface area contributed by atoms with Gasteiger partial charge in [-0.1, -0.05) is 12.1 Å². The van der Waals surface area contributed by atoms with Crippen LogP contribution in [0.4, 0.5) is 0 Å². The lowest BCUT2D eigenvalue weighted by atomic mass is 10.1. The van der Waals surface area contributed by atoms with Crippen molar-refractivity contribution in [2.45, 2.75) is 19.6 Å². The lowest BCUT2D eigenvalue weighted by Gasteiger charge is -2.12. The number of nitrogens with one attached hydrogen (secondary N) is 1. The number of carbonyl (C=O) groups excluding carboxylic acids is 1. The Labute approximate surface area is 190 Å². The minimum atomic E-state index is -0.225.